The summed E-state index contributed by atoms with van der Waals surface area (Å²) in [6.07, 6.45) is 1.91. The van der Waals surface area contributed by atoms with E-state index in [2.05, 4.69) is 17.6 Å². The van der Waals surface area contributed by atoms with Crippen molar-refractivity contribution in [2.45, 2.75) is 26.3 Å². The summed E-state index contributed by atoms with van der Waals surface area (Å²) in [5.74, 6) is 0.447. The zero-order valence-electron chi connectivity index (χ0n) is 17.2. The Kier molecular flexibility index (Phi) is 9.08. The van der Waals surface area contributed by atoms with Crippen molar-refractivity contribution in [2.75, 3.05) is 31.5 Å². The van der Waals surface area contributed by atoms with Gasteiger partial charge in [-0.15, -0.1) is 12.4 Å². The van der Waals surface area contributed by atoms with Crippen molar-refractivity contribution in [3.05, 3.63) is 69.8 Å². The highest BCUT2D eigenvalue weighted by Crippen LogP contribution is 2.27. The lowest BCUT2D eigenvalue weighted by atomic mass is 9.96. The van der Waals surface area contributed by atoms with Crippen LogP contribution in [0.15, 0.2) is 48.5 Å². The van der Waals surface area contributed by atoms with Gasteiger partial charge in [0.25, 0.3) is 11.6 Å². The number of benzene rings is 2. The van der Waals surface area contributed by atoms with Crippen molar-refractivity contribution < 1.29 is 9.72 Å². The fourth-order valence-electron chi connectivity index (χ4n) is 3.63. The zero-order valence-corrected chi connectivity index (χ0v) is 18.0. The Balaban J connectivity index is 0.00000320. The molecule has 162 valence electrons. The maximum absolute atomic E-state index is 12.9. The predicted molar refractivity (Wildman–Crippen MR) is 121 cm³/mol. The van der Waals surface area contributed by atoms with Crippen LogP contribution in [0.2, 0.25) is 0 Å². The summed E-state index contributed by atoms with van der Waals surface area (Å²) in [7, 11) is 0. The second-order valence-corrected chi connectivity index (χ2v) is 7.37. The molecule has 0 radical (unpaired) electrons. The molecule has 0 saturated carbocycles. The van der Waals surface area contributed by atoms with Crippen LogP contribution in [0.3, 0.4) is 0 Å². The van der Waals surface area contributed by atoms with Gasteiger partial charge >= 0.3 is 0 Å². The molecule has 0 bridgehead atoms. The largest absolute Gasteiger partial charge is 0.375 e. The lowest BCUT2D eigenvalue weighted by Crippen LogP contribution is -2.40. The van der Waals surface area contributed by atoms with Gasteiger partial charge in [-0.3, -0.25) is 14.9 Å². The molecule has 1 saturated heterocycles. The number of anilines is 1. The molecule has 1 amide bonds. The van der Waals surface area contributed by atoms with E-state index in [1.54, 1.807) is 17.0 Å². The van der Waals surface area contributed by atoms with Crippen LogP contribution in [0.25, 0.3) is 0 Å². The van der Waals surface area contributed by atoms with Gasteiger partial charge in [-0.05, 0) is 49.5 Å². The van der Waals surface area contributed by atoms with Crippen LogP contribution in [0.4, 0.5) is 11.4 Å². The zero-order chi connectivity index (χ0) is 20.6. The Bertz CT molecular complexity index is 840. The van der Waals surface area contributed by atoms with Gasteiger partial charge in [0.2, 0.25) is 0 Å². The number of piperidine rings is 1. The third-order valence-corrected chi connectivity index (χ3v) is 5.35. The van der Waals surface area contributed by atoms with Crippen LogP contribution in [0.1, 0.15) is 35.7 Å². The summed E-state index contributed by atoms with van der Waals surface area (Å²) in [5.41, 5.74) is 1.74. The number of nitro benzene ring substituents is 1. The Morgan fingerprint density at radius 1 is 1.17 bits per heavy atom. The monoisotopic (exact) mass is 432 g/mol. The number of hydrogen-bond acceptors (Lipinski definition) is 5. The average molecular weight is 433 g/mol. The van der Waals surface area contributed by atoms with E-state index in [0.717, 1.165) is 31.5 Å². The molecule has 0 unspecified atom stereocenters. The van der Waals surface area contributed by atoms with E-state index in [9.17, 15) is 14.9 Å². The van der Waals surface area contributed by atoms with Gasteiger partial charge in [0, 0.05) is 31.3 Å². The van der Waals surface area contributed by atoms with Gasteiger partial charge < -0.3 is 15.5 Å². The molecular weight excluding hydrogens is 404 g/mol. The highest BCUT2D eigenvalue weighted by atomic mass is 35.5. The normalized spacial score (nSPS) is 14.1. The Labute approximate surface area is 183 Å². The quantitative estimate of drug-likeness (QED) is 0.484. The molecule has 7 nitrogen and oxygen atoms in total. The molecule has 3 rings (SSSR count). The van der Waals surface area contributed by atoms with E-state index in [0.29, 0.717) is 36.8 Å². The molecule has 2 N–H and O–H groups in total. The summed E-state index contributed by atoms with van der Waals surface area (Å²) < 4.78 is 0. The highest BCUT2D eigenvalue weighted by Gasteiger charge is 2.25. The molecule has 8 heteroatoms. The van der Waals surface area contributed by atoms with Gasteiger partial charge in [-0.1, -0.05) is 37.3 Å². The fourth-order valence-corrected chi connectivity index (χ4v) is 3.63. The second kappa shape index (κ2) is 11.5. The van der Waals surface area contributed by atoms with Crippen molar-refractivity contribution >= 4 is 29.7 Å². The number of rotatable bonds is 8. The first kappa shape index (κ1) is 23.6. The van der Waals surface area contributed by atoms with Gasteiger partial charge in [0.05, 0.1) is 4.92 Å². The van der Waals surface area contributed by atoms with Crippen LogP contribution < -0.4 is 10.6 Å². The van der Waals surface area contributed by atoms with Gasteiger partial charge in [-0.25, -0.2) is 0 Å². The first-order chi connectivity index (χ1) is 14.1. The van der Waals surface area contributed by atoms with Crippen molar-refractivity contribution in [1.29, 1.82) is 0 Å². The van der Waals surface area contributed by atoms with E-state index >= 15 is 0 Å². The van der Waals surface area contributed by atoms with E-state index < -0.39 is 4.92 Å². The van der Waals surface area contributed by atoms with Crippen molar-refractivity contribution in [3.8, 4) is 0 Å². The van der Waals surface area contributed by atoms with Crippen LogP contribution in [0, 0.1) is 16.0 Å². The summed E-state index contributed by atoms with van der Waals surface area (Å²) in [4.78, 5) is 25.8. The number of nitrogens with zero attached hydrogens (tertiary/aromatic N) is 2. The molecule has 0 atom stereocenters. The Hall–Kier alpha value is -2.64. The molecule has 2 aromatic rings. The molecule has 0 spiro atoms. The Morgan fingerprint density at radius 3 is 2.50 bits per heavy atom. The number of amides is 1. The topological polar surface area (TPSA) is 87.5 Å². The van der Waals surface area contributed by atoms with E-state index in [1.165, 1.54) is 6.07 Å². The van der Waals surface area contributed by atoms with Gasteiger partial charge in [-0.2, -0.15) is 0 Å². The van der Waals surface area contributed by atoms with Crippen molar-refractivity contribution in [1.82, 2.24) is 10.2 Å². The number of nitro groups is 1. The van der Waals surface area contributed by atoms with Crippen LogP contribution >= 0.6 is 12.4 Å². The first-order valence-corrected chi connectivity index (χ1v) is 10.1. The van der Waals surface area contributed by atoms with Crippen LogP contribution in [0.5, 0.6) is 0 Å². The SMILES string of the molecule is CCNCC1CCN(C(=O)c2ccc(NCc3ccccc3)c([N+](=O)[O-])c2)CC1.Cl. The molecule has 0 aliphatic carbocycles. The number of halogens is 1. The van der Waals surface area contributed by atoms with Crippen LogP contribution in [-0.4, -0.2) is 41.9 Å². The maximum atomic E-state index is 12.9. The minimum absolute atomic E-state index is 0. The van der Waals surface area contributed by atoms with Crippen molar-refractivity contribution in [3.63, 3.8) is 0 Å². The maximum Gasteiger partial charge on any atom is 0.293 e. The lowest BCUT2D eigenvalue weighted by molar-refractivity contribution is -0.384. The summed E-state index contributed by atoms with van der Waals surface area (Å²) in [6.45, 7) is 5.88. The average Bonchev–Trinajstić information content (AvgIpc) is 2.76. The van der Waals surface area contributed by atoms with Gasteiger partial charge in [0.15, 0.2) is 0 Å². The number of hydrogen-bond donors (Lipinski definition) is 2. The van der Waals surface area contributed by atoms with Crippen LogP contribution in [-0.2, 0) is 6.54 Å². The second-order valence-electron chi connectivity index (χ2n) is 7.37. The highest BCUT2D eigenvalue weighted by molar-refractivity contribution is 5.95. The fraction of sp³-hybridized carbons (Fsp3) is 0.409. The minimum atomic E-state index is -0.438. The predicted octanol–water partition coefficient (Wildman–Crippen LogP) is 4.09. The third-order valence-electron chi connectivity index (χ3n) is 5.35. The summed E-state index contributed by atoms with van der Waals surface area (Å²) in [6, 6.07) is 14.4. The molecule has 1 aliphatic rings. The molecule has 1 aliphatic heterocycles. The Morgan fingerprint density at radius 2 is 1.87 bits per heavy atom. The molecule has 30 heavy (non-hydrogen) atoms. The third kappa shape index (κ3) is 6.18. The van der Waals surface area contributed by atoms with E-state index in [4.69, 9.17) is 0 Å². The number of carbonyl (C=O) groups is 1. The molecule has 1 fully saturated rings. The smallest absolute Gasteiger partial charge is 0.293 e. The molecular formula is C22H29ClN4O3. The molecule has 2 aromatic carbocycles. The lowest BCUT2D eigenvalue weighted by Gasteiger charge is -2.32. The summed E-state index contributed by atoms with van der Waals surface area (Å²) in [5, 5.41) is 18.0. The van der Waals surface area contributed by atoms with Gasteiger partial charge in [0.1, 0.15) is 5.69 Å². The standard InChI is InChI=1S/C22H28N4O3.ClH/c1-2-23-15-18-10-12-25(13-11-18)22(27)19-8-9-20(21(14-19)26(28)29)24-16-17-6-4-3-5-7-17;/h3-9,14,18,23-24H,2,10-13,15-16H2,1H3;1H. The number of nitrogens with one attached hydrogen (secondary N) is 2. The van der Waals surface area contributed by atoms with Crippen molar-refractivity contribution in [2.24, 2.45) is 5.92 Å². The van der Waals surface area contributed by atoms with E-state index in [1.807, 2.05) is 30.3 Å². The van der Waals surface area contributed by atoms with E-state index in [-0.39, 0.29) is 24.0 Å². The number of carbonyl (C=O) groups excluding carboxylic acids is 1. The minimum Gasteiger partial charge on any atom is -0.375 e. The molecule has 0 aromatic heterocycles. The first-order valence-electron chi connectivity index (χ1n) is 10.1. The summed E-state index contributed by atoms with van der Waals surface area (Å²) >= 11 is 0. The molecule has 1 heterocycles. The number of likely N-dealkylation sites (tertiary alicyclic amines) is 1.